The first kappa shape index (κ1) is 21.6. The molecule has 1 aliphatic heterocycles. The highest BCUT2D eigenvalue weighted by Crippen LogP contribution is 2.35. The molecule has 31 heavy (non-hydrogen) atoms. The van der Waals surface area contributed by atoms with Crippen LogP contribution in [0.1, 0.15) is 22.4 Å². The molecule has 1 aliphatic rings. The molecule has 0 saturated heterocycles. The number of benzene rings is 2. The molecule has 0 saturated carbocycles. The summed E-state index contributed by atoms with van der Waals surface area (Å²) < 4.78 is 59.0. The molecule has 0 amide bonds. The Kier molecular flexibility index (Phi) is 5.91. The average molecular weight is 470 g/mol. The summed E-state index contributed by atoms with van der Waals surface area (Å²) in [6.07, 6.45) is -5.43. The second-order valence-electron chi connectivity index (χ2n) is 6.75. The van der Waals surface area contributed by atoms with Crippen molar-refractivity contribution in [3.05, 3.63) is 64.1 Å². The molecule has 0 bridgehead atoms. The number of alkyl halides is 3. The number of aliphatic hydroxyl groups excluding tert-OH is 1. The number of anilines is 2. The molecule has 164 valence electrons. The molecule has 1 aromatic heterocycles. The molecule has 11 heteroatoms. The van der Waals surface area contributed by atoms with E-state index in [1.54, 1.807) is 30.6 Å². The van der Waals surface area contributed by atoms with Crippen LogP contribution in [0.25, 0.3) is 0 Å². The molecule has 0 aliphatic carbocycles. The lowest BCUT2D eigenvalue weighted by Crippen LogP contribution is -2.28. The Hall–Kier alpha value is -2.63. The molecule has 2 atom stereocenters. The molecule has 2 aromatic carbocycles. The fraction of sp³-hybridized carbons (Fsp3) is 0.250. The number of aromatic nitrogens is 1. The number of rotatable bonds is 4. The lowest BCUT2D eigenvalue weighted by atomic mass is 10.2. The van der Waals surface area contributed by atoms with Crippen LogP contribution in [0.4, 0.5) is 24.5 Å². The number of ether oxygens (including phenoxy) is 1. The normalized spacial score (nSPS) is 17.5. The van der Waals surface area contributed by atoms with Gasteiger partial charge in [0.05, 0.1) is 28.2 Å². The monoisotopic (exact) mass is 469 g/mol. The van der Waals surface area contributed by atoms with Crippen LogP contribution in [0, 0.1) is 6.92 Å². The van der Waals surface area contributed by atoms with Crippen LogP contribution in [0.5, 0.6) is 5.75 Å². The zero-order valence-electron chi connectivity index (χ0n) is 16.2. The van der Waals surface area contributed by atoms with Crippen molar-refractivity contribution < 1.29 is 27.2 Å². The zero-order valence-corrected chi connectivity index (χ0v) is 17.9. The quantitative estimate of drug-likeness (QED) is 0.551. The SMILES string of the molecule is Cc1ncsc1C(O)Nc1ccc2c(c1)S(=O)N(c1ccc(C(F)(F)F)cc1)CCO2. The van der Waals surface area contributed by atoms with Gasteiger partial charge in [-0.15, -0.1) is 11.3 Å². The number of aryl methyl sites for hydroxylation is 1. The predicted octanol–water partition coefficient (Wildman–Crippen LogP) is 4.49. The van der Waals surface area contributed by atoms with Crippen LogP contribution in [-0.4, -0.2) is 27.5 Å². The van der Waals surface area contributed by atoms with Gasteiger partial charge in [-0.25, -0.2) is 9.19 Å². The van der Waals surface area contributed by atoms with Crippen molar-refractivity contribution in [2.45, 2.75) is 24.2 Å². The van der Waals surface area contributed by atoms with Gasteiger partial charge in [0.15, 0.2) is 17.2 Å². The van der Waals surface area contributed by atoms with E-state index in [4.69, 9.17) is 4.74 Å². The van der Waals surface area contributed by atoms with Crippen LogP contribution >= 0.6 is 11.3 Å². The molecule has 2 unspecified atom stereocenters. The van der Waals surface area contributed by atoms with Crippen molar-refractivity contribution in [1.82, 2.24) is 4.98 Å². The number of thiazole rings is 1. The molecular formula is C20H18F3N3O3S2. The van der Waals surface area contributed by atoms with E-state index in [0.29, 0.717) is 32.6 Å². The Bertz CT molecular complexity index is 1100. The van der Waals surface area contributed by atoms with Crippen LogP contribution in [0.2, 0.25) is 0 Å². The summed E-state index contributed by atoms with van der Waals surface area (Å²) in [5, 5.41) is 13.4. The number of fused-ring (bicyclic) bond motifs is 1. The Labute approximate surface area is 182 Å². The van der Waals surface area contributed by atoms with Gasteiger partial charge >= 0.3 is 6.18 Å². The predicted molar refractivity (Wildman–Crippen MR) is 113 cm³/mol. The van der Waals surface area contributed by atoms with E-state index in [9.17, 15) is 22.5 Å². The Morgan fingerprint density at radius 3 is 2.65 bits per heavy atom. The minimum absolute atomic E-state index is 0.217. The molecule has 3 aromatic rings. The summed E-state index contributed by atoms with van der Waals surface area (Å²) >= 11 is 1.31. The highest BCUT2D eigenvalue weighted by Gasteiger charge is 2.31. The number of hydrogen-bond acceptors (Lipinski definition) is 6. The highest BCUT2D eigenvalue weighted by atomic mass is 32.2. The van der Waals surface area contributed by atoms with Crippen molar-refractivity contribution in [3.8, 4) is 5.75 Å². The lowest BCUT2D eigenvalue weighted by molar-refractivity contribution is -0.137. The number of halogens is 3. The molecule has 0 radical (unpaired) electrons. The van der Waals surface area contributed by atoms with E-state index >= 15 is 0 Å². The fourth-order valence-corrected chi connectivity index (χ4v) is 5.19. The molecule has 2 N–H and O–H groups in total. The summed E-state index contributed by atoms with van der Waals surface area (Å²) in [5.41, 5.74) is 2.48. The summed E-state index contributed by atoms with van der Waals surface area (Å²) in [7, 11) is -1.72. The Balaban J connectivity index is 1.60. The minimum atomic E-state index is -4.44. The van der Waals surface area contributed by atoms with Gasteiger partial charge in [0.2, 0.25) is 0 Å². The molecule has 0 spiro atoms. The Morgan fingerprint density at radius 2 is 2.00 bits per heavy atom. The summed E-state index contributed by atoms with van der Waals surface area (Å²) in [5.74, 6) is 0.418. The van der Waals surface area contributed by atoms with E-state index in [-0.39, 0.29) is 13.2 Å². The lowest BCUT2D eigenvalue weighted by Gasteiger charge is -2.21. The summed E-state index contributed by atoms with van der Waals surface area (Å²) in [6.45, 7) is 2.24. The van der Waals surface area contributed by atoms with Crippen molar-refractivity contribution >= 4 is 33.7 Å². The van der Waals surface area contributed by atoms with E-state index in [1.165, 1.54) is 27.8 Å². The summed E-state index contributed by atoms with van der Waals surface area (Å²) in [6, 6.07) is 9.47. The van der Waals surface area contributed by atoms with Crippen molar-refractivity contribution in [1.29, 1.82) is 0 Å². The summed E-state index contributed by atoms with van der Waals surface area (Å²) in [4.78, 5) is 5.13. The smallest absolute Gasteiger partial charge is 0.416 e. The number of hydrogen-bond donors (Lipinski definition) is 2. The number of nitrogens with one attached hydrogen (secondary N) is 1. The van der Waals surface area contributed by atoms with E-state index in [0.717, 1.165) is 12.1 Å². The molecule has 4 rings (SSSR count). The van der Waals surface area contributed by atoms with Gasteiger partial charge in [0, 0.05) is 11.4 Å². The second kappa shape index (κ2) is 8.48. The fourth-order valence-electron chi connectivity index (χ4n) is 3.13. The zero-order chi connectivity index (χ0) is 22.2. The van der Waals surface area contributed by atoms with Crippen LogP contribution < -0.4 is 14.4 Å². The maximum absolute atomic E-state index is 13.3. The van der Waals surface area contributed by atoms with Crippen molar-refractivity contribution in [2.75, 3.05) is 22.8 Å². The minimum Gasteiger partial charge on any atom is -0.490 e. The van der Waals surface area contributed by atoms with Gasteiger partial charge in [-0.3, -0.25) is 4.31 Å². The first-order valence-electron chi connectivity index (χ1n) is 9.22. The van der Waals surface area contributed by atoms with E-state index in [2.05, 4.69) is 10.3 Å². The van der Waals surface area contributed by atoms with Gasteiger partial charge in [0.1, 0.15) is 17.3 Å². The molecule has 6 nitrogen and oxygen atoms in total. The third-order valence-corrected chi connectivity index (χ3v) is 7.17. The molecule has 0 fully saturated rings. The maximum Gasteiger partial charge on any atom is 0.416 e. The van der Waals surface area contributed by atoms with E-state index < -0.39 is 29.0 Å². The molecular weight excluding hydrogens is 451 g/mol. The first-order chi connectivity index (χ1) is 14.7. The largest absolute Gasteiger partial charge is 0.490 e. The van der Waals surface area contributed by atoms with Gasteiger partial charge in [-0.1, -0.05) is 0 Å². The highest BCUT2D eigenvalue weighted by molar-refractivity contribution is 7.86. The number of nitrogens with zero attached hydrogens (tertiary/aromatic N) is 2. The maximum atomic E-state index is 13.3. The average Bonchev–Trinajstić information content (AvgIpc) is 3.10. The van der Waals surface area contributed by atoms with Crippen LogP contribution in [0.15, 0.2) is 52.9 Å². The van der Waals surface area contributed by atoms with Gasteiger partial charge in [-0.2, -0.15) is 13.2 Å². The number of aliphatic hydroxyl groups is 1. The third kappa shape index (κ3) is 4.53. The first-order valence-corrected chi connectivity index (χ1v) is 11.2. The second-order valence-corrected chi connectivity index (χ2v) is 9.02. The standard InChI is InChI=1S/C20H18F3N3O3S2/c1-12-18(30-11-24-12)19(27)25-14-4-7-16-17(10-14)31(28)26(8-9-29-16)15-5-2-13(3-6-15)20(21,22)23/h2-7,10-11,19,25,27H,8-9H2,1H3. The van der Waals surface area contributed by atoms with Gasteiger partial charge < -0.3 is 15.2 Å². The molecule has 2 heterocycles. The van der Waals surface area contributed by atoms with Gasteiger partial charge in [-0.05, 0) is 49.4 Å². The topological polar surface area (TPSA) is 74.7 Å². The van der Waals surface area contributed by atoms with Gasteiger partial charge in [0.25, 0.3) is 0 Å². The van der Waals surface area contributed by atoms with E-state index in [1.807, 2.05) is 0 Å². The Morgan fingerprint density at radius 1 is 1.26 bits per heavy atom. The van der Waals surface area contributed by atoms with Crippen LogP contribution in [-0.2, 0) is 17.2 Å². The third-order valence-electron chi connectivity index (χ3n) is 4.70. The van der Waals surface area contributed by atoms with Crippen LogP contribution in [0.3, 0.4) is 0 Å². The van der Waals surface area contributed by atoms with Crippen molar-refractivity contribution in [2.24, 2.45) is 0 Å². The van der Waals surface area contributed by atoms with Crippen molar-refractivity contribution in [3.63, 3.8) is 0 Å².